The third kappa shape index (κ3) is 4.59. The SMILES string of the molecule is CCC[SiH](NCC)C(C)(C)C. The molecule has 1 atom stereocenters. The maximum absolute atomic E-state index is 3.66. The Morgan fingerprint density at radius 1 is 1.18 bits per heavy atom. The standard InChI is InChI=1S/C9H23NSi/c1-6-8-11(10-7-2)9(3,4)5/h10-11H,6-8H2,1-5H3. The molecule has 1 nitrogen and oxygen atoms in total. The second-order valence-electron chi connectivity index (χ2n) is 4.26. The molecule has 11 heavy (non-hydrogen) atoms. The summed E-state index contributed by atoms with van der Waals surface area (Å²) >= 11 is 0. The second-order valence-corrected chi connectivity index (χ2v) is 8.09. The van der Waals surface area contributed by atoms with E-state index in [4.69, 9.17) is 0 Å². The van der Waals surface area contributed by atoms with Gasteiger partial charge in [0, 0.05) is 0 Å². The van der Waals surface area contributed by atoms with Gasteiger partial charge in [0.2, 0.25) is 0 Å². The quantitative estimate of drug-likeness (QED) is 0.644. The molecule has 2 heteroatoms. The summed E-state index contributed by atoms with van der Waals surface area (Å²) < 4.78 is 0. The Morgan fingerprint density at radius 3 is 2.00 bits per heavy atom. The van der Waals surface area contributed by atoms with Crippen LogP contribution in [0, 0.1) is 0 Å². The van der Waals surface area contributed by atoms with Gasteiger partial charge in [-0.05, 0) is 17.6 Å². The minimum absolute atomic E-state index is 0.548. The lowest BCUT2D eigenvalue weighted by Gasteiger charge is -2.29. The smallest absolute Gasteiger partial charge is 0.114 e. The van der Waals surface area contributed by atoms with E-state index in [0.717, 1.165) is 6.54 Å². The van der Waals surface area contributed by atoms with Crippen LogP contribution in [0.2, 0.25) is 11.1 Å². The summed E-state index contributed by atoms with van der Waals surface area (Å²) in [4.78, 5) is 3.66. The largest absolute Gasteiger partial charge is 0.339 e. The third-order valence-electron chi connectivity index (χ3n) is 2.07. The minimum Gasteiger partial charge on any atom is -0.339 e. The Kier molecular flexibility index (Phi) is 5.02. The molecule has 0 aromatic rings. The number of hydrogen-bond acceptors (Lipinski definition) is 1. The first kappa shape index (κ1) is 11.2. The van der Waals surface area contributed by atoms with E-state index in [0.29, 0.717) is 5.04 Å². The normalized spacial score (nSPS) is 15.0. The van der Waals surface area contributed by atoms with Gasteiger partial charge in [-0.1, -0.05) is 41.0 Å². The van der Waals surface area contributed by atoms with Crippen LogP contribution in [0.3, 0.4) is 0 Å². The molecule has 0 spiro atoms. The summed E-state index contributed by atoms with van der Waals surface area (Å²) in [6.45, 7) is 12.7. The lowest BCUT2D eigenvalue weighted by Crippen LogP contribution is -2.41. The fourth-order valence-corrected chi connectivity index (χ4v) is 4.13. The molecule has 0 radical (unpaired) electrons. The molecule has 0 fully saturated rings. The summed E-state index contributed by atoms with van der Waals surface area (Å²) in [7, 11) is -0.672. The molecule has 0 aromatic heterocycles. The molecule has 0 heterocycles. The van der Waals surface area contributed by atoms with Crippen molar-refractivity contribution in [3.05, 3.63) is 0 Å². The summed E-state index contributed by atoms with van der Waals surface area (Å²) in [6, 6.07) is 1.43. The van der Waals surface area contributed by atoms with E-state index in [1.54, 1.807) is 0 Å². The van der Waals surface area contributed by atoms with Crippen LogP contribution in [0.5, 0.6) is 0 Å². The van der Waals surface area contributed by atoms with Gasteiger partial charge in [-0.15, -0.1) is 0 Å². The van der Waals surface area contributed by atoms with Crippen LogP contribution in [0.1, 0.15) is 41.0 Å². The molecule has 0 rings (SSSR count). The maximum Gasteiger partial charge on any atom is 0.114 e. The second kappa shape index (κ2) is 4.94. The van der Waals surface area contributed by atoms with E-state index < -0.39 is 8.96 Å². The molecule has 0 saturated heterocycles. The number of hydrogen-bond donors (Lipinski definition) is 1. The highest BCUT2D eigenvalue weighted by molar-refractivity contribution is 6.59. The zero-order valence-electron chi connectivity index (χ0n) is 8.70. The Labute approximate surface area is 73.3 Å². The maximum atomic E-state index is 3.66. The van der Waals surface area contributed by atoms with Crippen molar-refractivity contribution in [3.63, 3.8) is 0 Å². The van der Waals surface area contributed by atoms with Gasteiger partial charge in [0.25, 0.3) is 0 Å². The zero-order chi connectivity index (χ0) is 8.91. The van der Waals surface area contributed by atoms with Crippen molar-refractivity contribution >= 4 is 8.96 Å². The van der Waals surface area contributed by atoms with Crippen molar-refractivity contribution in [1.82, 2.24) is 4.98 Å². The highest BCUT2D eigenvalue weighted by atomic mass is 28.3. The lowest BCUT2D eigenvalue weighted by molar-refractivity contribution is 0.698. The van der Waals surface area contributed by atoms with Crippen LogP contribution in [-0.2, 0) is 0 Å². The average Bonchev–Trinajstić information content (AvgIpc) is 1.85. The molecule has 0 aromatic carbocycles. The molecule has 0 bridgehead atoms. The van der Waals surface area contributed by atoms with Crippen LogP contribution in [0.25, 0.3) is 0 Å². The molecule has 0 amide bonds. The first-order valence-corrected chi connectivity index (χ1v) is 6.72. The predicted octanol–water partition coefficient (Wildman–Crippen LogP) is 2.53. The topological polar surface area (TPSA) is 12.0 Å². The molecule has 0 aliphatic carbocycles. The highest BCUT2D eigenvalue weighted by Gasteiger charge is 2.24. The van der Waals surface area contributed by atoms with Crippen LogP contribution >= 0.6 is 0 Å². The fraction of sp³-hybridized carbons (Fsp3) is 1.00. The molecule has 0 saturated carbocycles. The van der Waals surface area contributed by atoms with E-state index in [1.807, 2.05) is 0 Å². The molecule has 68 valence electrons. The number of rotatable bonds is 4. The van der Waals surface area contributed by atoms with Gasteiger partial charge in [-0.2, -0.15) is 0 Å². The Morgan fingerprint density at radius 2 is 1.73 bits per heavy atom. The lowest BCUT2D eigenvalue weighted by atomic mass is 10.2. The van der Waals surface area contributed by atoms with Crippen molar-refractivity contribution in [2.45, 2.75) is 52.1 Å². The van der Waals surface area contributed by atoms with Crippen molar-refractivity contribution in [2.75, 3.05) is 6.54 Å². The molecular formula is C9H23NSi. The first-order chi connectivity index (χ1) is 5.02. The Balaban J connectivity index is 3.88. The van der Waals surface area contributed by atoms with E-state index in [-0.39, 0.29) is 0 Å². The molecule has 0 aliphatic rings. The van der Waals surface area contributed by atoms with Crippen LogP contribution in [0.4, 0.5) is 0 Å². The van der Waals surface area contributed by atoms with Crippen LogP contribution in [0.15, 0.2) is 0 Å². The third-order valence-corrected chi connectivity index (χ3v) is 6.22. The van der Waals surface area contributed by atoms with Crippen molar-refractivity contribution in [1.29, 1.82) is 0 Å². The molecule has 1 unspecified atom stereocenters. The van der Waals surface area contributed by atoms with Gasteiger partial charge >= 0.3 is 0 Å². The zero-order valence-corrected chi connectivity index (χ0v) is 9.85. The van der Waals surface area contributed by atoms with Crippen molar-refractivity contribution < 1.29 is 0 Å². The number of nitrogens with one attached hydrogen (secondary N) is 1. The van der Waals surface area contributed by atoms with Gasteiger partial charge in [0.1, 0.15) is 8.96 Å². The van der Waals surface area contributed by atoms with Crippen LogP contribution < -0.4 is 4.98 Å². The molecule has 1 N–H and O–H groups in total. The van der Waals surface area contributed by atoms with Gasteiger partial charge in [-0.3, -0.25) is 0 Å². The van der Waals surface area contributed by atoms with Gasteiger partial charge in [0.15, 0.2) is 0 Å². The minimum atomic E-state index is -0.672. The average molecular weight is 173 g/mol. The van der Waals surface area contributed by atoms with E-state index >= 15 is 0 Å². The highest BCUT2D eigenvalue weighted by Crippen LogP contribution is 2.27. The fourth-order valence-electron chi connectivity index (χ4n) is 1.38. The van der Waals surface area contributed by atoms with E-state index in [1.165, 1.54) is 12.5 Å². The summed E-state index contributed by atoms with van der Waals surface area (Å²) in [5.41, 5.74) is 0. The van der Waals surface area contributed by atoms with Crippen molar-refractivity contribution in [3.8, 4) is 0 Å². The van der Waals surface area contributed by atoms with Crippen molar-refractivity contribution in [2.24, 2.45) is 0 Å². The van der Waals surface area contributed by atoms with E-state index in [9.17, 15) is 0 Å². The summed E-state index contributed by atoms with van der Waals surface area (Å²) in [5.74, 6) is 0. The first-order valence-electron chi connectivity index (χ1n) is 4.75. The van der Waals surface area contributed by atoms with E-state index in [2.05, 4.69) is 39.6 Å². The van der Waals surface area contributed by atoms with Crippen LogP contribution in [-0.4, -0.2) is 15.5 Å². The van der Waals surface area contributed by atoms with Gasteiger partial charge in [0.05, 0.1) is 0 Å². The summed E-state index contributed by atoms with van der Waals surface area (Å²) in [5, 5.41) is 0.548. The Hall–Kier alpha value is 0.177. The Bertz CT molecular complexity index is 90.2. The van der Waals surface area contributed by atoms with Gasteiger partial charge < -0.3 is 4.98 Å². The van der Waals surface area contributed by atoms with Gasteiger partial charge in [-0.25, -0.2) is 0 Å². The predicted molar refractivity (Wildman–Crippen MR) is 55.6 cm³/mol. The monoisotopic (exact) mass is 173 g/mol. The summed E-state index contributed by atoms with van der Waals surface area (Å²) in [6.07, 6.45) is 1.33. The molecular weight excluding hydrogens is 150 g/mol. The molecule has 0 aliphatic heterocycles.